The largest absolute Gasteiger partial charge is 0.478 e. The Bertz CT molecular complexity index is 1730. The highest BCUT2D eigenvalue weighted by molar-refractivity contribution is 6.31. The molecule has 1 aliphatic heterocycles. The maximum absolute atomic E-state index is 13.6. The first-order valence-electron chi connectivity index (χ1n) is 15.2. The van der Waals surface area contributed by atoms with Gasteiger partial charge in [0.05, 0.1) is 25.0 Å². The SMILES string of the molecule is CC(C)(C)OC(=O)Nc1ncnc2c1ncn2Cc1c(C(=O)O)cc(Cl)cc1N1CC[C@](NC(=O)OC(C)(C)C)(C(=O)NC2CC2)C1. The smallest absolute Gasteiger partial charge is 0.413 e. The van der Waals surface area contributed by atoms with Crippen LogP contribution >= 0.6 is 11.6 Å². The van der Waals surface area contributed by atoms with E-state index in [1.165, 1.54) is 18.7 Å². The Balaban J connectivity index is 1.49. The zero-order valence-corrected chi connectivity index (χ0v) is 27.9. The van der Waals surface area contributed by atoms with Gasteiger partial charge in [-0.05, 0) is 72.9 Å². The fourth-order valence-electron chi connectivity index (χ4n) is 5.33. The number of imidazole rings is 1. The van der Waals surface area contributed by atoms with Crippen LogP contribution in [0.3, 0.4) is 0 Å². The molecule has 1 aliphatic carbocycles. The first-order valence-corrected chi connectivity index (χ1v) is 15.6. The molecule has 0 radical (unpaired) electrons. The summed E-state index contributed by atoms with van der Waals surface area (Å²) in [5.41, 5.74) is -1.49. The summed E-state index contributed by atoms with van der Waals surface area (Å²) in [4.78, 5) is 66.2. The summed E-state index contributed by atoms with van der Waals surface area (Å²) in [5.74, 6) is -1.42. The topological polar surface area (TPSA) is 190 Å². The van der Waals surface area contributed by atoms with Crippen molar-refractivity contribution in [1.29, 1.82) is 0 Å². The van der Waals surface area contributed by atoms with Crippen LogP contribution in [-0.4, -0.2) is 84.6 Å². The number of ether oxygens (including phenoxy) is 2. The number of fused-ring (bicyclic) bond motifs is 1. The van der Waals surface area contributed by atoms with Crippen LogP contribution in [0.5, 0.6) is 0 Å². The molecule has 1 saturated carbocycles. The van der Waals surface area contributed by atoms with Crippen molar-refractivity contribution in [3.05, 3.63) is 40.9 Å². The lowest BCUT2D eigenvalue weighted by atomic mass is 9.97. The molecule has 0 unspecified atom stereocenters. The number of nitrogens with one attached hydrogen (secondary N) is 3. The van der Waals surface area contributed by atoms with Gasteiger partial charge in [0.15, 0.2) is 17.0 Å². The number of benzene rings is 1. The van der Waals surface area contributed by atoms with E-state index in [2.05, 4.69) is 30.9 Å². The van der Waals surface area contributed by atoms with Crippen molar-refractivity contribution in [2.24, 2.45) is 0 Å². The van der Waals surface area contributed by atoms with E-state index >= 15 is 0 Å². The van der Waals surface area contributed by atoms with Gasteiger partial charge in [-0.2, -0.15) is 0 Å². The average Bonchev–Trinajstić information content (AvgIpc) is 3.49. The first kappa shape index (κ1) is 33.7. The highest BCUT2D eigenvalue weighted by Gasteiger charge is 2.48. The molecule has 3 aromatic rings. The van der Waals surface area contributed by atoms with Gasteiger partial charge in [-0.3, -0.25) is 10.1 Å². The van der Waals surface area contributed by atoms with Crippen molar-refractivity contribution in [3.8, 4) is 0 Å². The van der Waals surface area contributed by atoms with E-state index in [1.807, 2.05) is 4.90 Å². The number of aromatic nitrogens is 4. The van der Waals surface area contributed by atoms with Gasteiger partial charge in [0, 0.05) is 28.9 Å². The number of carboxylic acid groups (broad SMARTS) is 1. The van der Waals surface area contributed by atoms with Crippen LogP contribution < -0.4 is 20.9 Å². The lowest BCUT2D eigenvalue weighted by Gasteiger charge is -2.32. The minimum atomic E-state index is -1.34. The third-order valence-electron chi connectivity index (χ3n) is 7.47. The van der Waals surface area contributed by atoms with Crippen molar-refractivity contribution in [2.45, 2.75) is 90.1 Å². The second kappa shape index (κ2) is 12.5. The van der Waals surface area contributed by atoms with E-state index in [0.29, 0.717) is 23.4 Å². The summed E-state index contributed by atoms with van der Waals surface area (Å²) in [6, 6.07) is 3.03. The molecule has 0 spiro atoms. The van der Waals surface area contributed by atoms with E-state index in [-0.39, 0.29) is 53.4 Å². The molecule has 47 heavy (non-hydrogen) atoms. The summed E-state index contributed by atoms with van der Waals surface area (Å²) < 4.78 is 12.5. The molecule has 5 rings (SSSR count). The number of alkyl carbamates (subject to hydrolysis) is 1. The number of carboxylic acids is 1. The van der Waals surface area contributed by atoms with E-state index in [0.717, 1.165) is 12.8 Å². The predicted octanol–water partition coefficient (Wildman–Crippen LogP) is 4.33. The standard InChI is InChI=1S/C31H39ClN8O7/c1-29(2,3)46-27(44)37-23-22-24(34-15-33-23)40(16-35-22)13-20-19(25(41)42)11-17(32)12-21(20)39-10-9-31(14-39,26(43)36-18-7-8-18)38-28(45)47-30(4,5)6/h11-12,15-16,18H,7-10,13-14H2,1-6H3,(H,36,43)(H,38,45)(H,41,42)(H,33,34,37,44)/t31-/m1/s1. The fraction of sp³-hybridized carbons (Fsp3) is 0.516. The number of halogens is 1. The molecule has 2 fully saturated rings. The van der Waals surface area contributed by atoms with Crippen molar-refractivity contribution in [3.63, 3.8) is 0 Å². The quantitative estimate of drug-likeness (QED) is 0.267. The second-order valence-electron chi connectivity index (χ2n) is 13.8. The Kier molecular flexibility index (Phi) is 8.97. The van der Waals surface area contributed by atoms with Gasteiger partial charge in [-0.25, -0.2) is 29.3 Å². The summed E-state index contributed by atoms with van der Waals surface area (Å²) in [7, 11) is 0. The number of amides is 3. The van der Waals surface area contributed by atoms with E-state index in [9.17, 15) is 24.3 Å². The van der Waals surface area contributed by atoms with Crippen molar-refractivity contribution in [2.75, 3.05) is 23.3 Å². The zero-order chi connectivity index (χ0) is 34.3. The first-order chi connectivity index (χ1) is 21.9. The molecule has 2 aliphatic rings. The maximum atomic E-state index is 13.6. The summed E-state index contributed by atoms with van der Waals surface area (Å²) in [6.45, 7) is 10.7. The Labute approximate surface area is 276 Å². The zero-order valence-electron chi connectivity index (χ0n) is 27.1. The summed E-state index contributed by atoms with van der Waals surface area (Å²) in [5, 5.41) is 18.8. The molecule has 4 N–H and O–H groups in total. The molecule has 2 aromatic heterocycles. The van der Waals surface area contributed by atoms with Crippen LogP contribution in [0.15, 0.2) is 24.8 Å². The van der Waals surface area contributed by atoms with Crippen molar-refractivity contribution < 1.29 is 33.8 Å². The predicted molar refractivity (Wildman–Crippen MR) is 173 cm³/mol. The van der Waals surface area contributed by atoms with Gasteiger partial charge >= 0.3 is 18.2 Å². The van der Waals surface area contributed by atoms with Crippen LogP contribution in [0.4, 0.5) is 21.1 Å². The van der Waals surface area contributed by atoms with Crippen LogP contribution in [-0.2, 0) is 20.8 Å². The minimum absolute atomic E-state index is 0.00914. The molecule has 1 aromatic carbocycles. The number of hydrogen-bond donors (Lipinski definition) is 4. The Morgan fingerprint density at radius 2 is 1.70 bits per heavy atom. The number of carbonyl (C=O) groups excluding carboxylic acids is 3. The fourth-order valence-corrected chi connectivity index (χ4v) is 5.54. The molecule has 252 valence electrons. The number of carbonyl (C=O) groups is 4. The van der Waals surface area contributed by atoms with Crippen LogP contribution in [0, 0.1) is 0 Å². The summed E-state index contributed by atoms with van der Waals surface area (Å²) >= 11 is 6.45. The molecule has 3 amide bonds. The van der Waals surface area contributed by atoms with Gasteiger partial charge < -0.3 is 34.7 Å². The second-order valence-corrected chi connectivity index (χ2v) is 14.2. The van der Waals surface area contributed by atoms with E-state index < -0.39 is 34.9 Å². The third-order valence-corrected chi connectivity index (χ3v) is 7.69. The monoisotopic (exact) mass is 670 g/mol. The molecule has 0 bridgehead atoms. The Morgan fingerprint density at radius 1 is 1.02 bits per heavy atom. The van der Waals surface area contributed by atoms with Crippen LogP contribution in [0.25, 0.3) is 11.2 Å². The van der Waals surface area contributed by atoms with Gasteiger partial charge in [-0.1, -0.05) is 11.6 Å². The van der Waals surface area contributed by atoms with E-state index in [4.69, 9.17) is 21.1 Å². The van der Waals surface area contributed by atoms with Gasteiger partial charge in [-0.15, -0.1) is 0 Å². The molecule has 16 heteroatoms. The molecular formula is C31H39ClN8O7. The Morgan fingerprint density at radius 3 is 2.34 bits per heavy atom. The number of aromatic carboxylic acids is 1. The van der Waals surface area contributed by atoms with Crippen molar-refractivity contribution in [1.82, 2.24) is 30.2 Å². The lowest BCUT2D eigenvalue weighted by Crippen LogP contribution is -2.61. The summed E-state index contributed by atoms with van der Waals surface area (Å²) in [6.07, 6.45) is 3.21. The maximum Gasteiger partial charge on any atom is 0.413 e. The minimum Gasteiger partial charge on any atom is -0.478 e. The van der Waals surface area contributed by atoms with Crippen LogP contribution in [0.2, 0.25) is 5.02 Å². The Hall–Kier alpha value is -4.66. The molecule has 1 atom stereocenters. The number of anilines is 2. The van der Waals surface area contributed by atoms with E-state index in [1.54, 1.807) is 52.2 Å². The van der Waals surface area contributed by atoms with Gasteiger partial charge in [0.2, 0.25) is 5.91 Å². The highest BCUT2D eigenvalue weighted by Crippen LogP contribution is 2.36. The lowest BCUT2D eigenvalue weighted by molar-refractivity contribution is -0.127. The number of rotatable bonds is 8. The normalized spacial score (nSPS) is 18.1. The van der Waals surface area contributed by atoms with Crippen LogP contribution in [0.1, 0.15) is 76.7 Å². The molecule has 15 nitrogen and oxygen atoms in total. The number of nitrogens with zero attached hydrogens (tertiary/aromatic N) is 5. The highest BCUT2D eigenvalue weighted by atomic mass is 35.5. The third kappa shape index (κ3) is 8.02. The number of hydrogen-bond acceptors (Lipinski definition) is 10. The average molecular weight is 671 g/mol. The molecule has 3 heterocycles. The molecular weight excluding hydrogens is 632 g/mol. The van der Waals surface area contributed by atoms with Gasteiger partial charge in [0.25, 0.3) is 0 Å². The van der Waals surface area contributed by atoms with Crippen molar-refractivity contribution >= 4 is 58.3 Å². The van der Waals surface area contributed by atoms with Gasteiger partial charge in [0.1, 0.15) is 23.1 Å². The molecule has 1 saturated heterocycles.